The van der Waals surface area contributed by atoms with Gasteiger partial charge < -0.3 is 14.6 Å². The summed E-state index contributed by atoms with van der Waals surface area (Å²) in [5.74, 6) is -1.70. The molecule has 94 valence electrons. The van der Waals surface area contributed by atoms with Crippen molar-refractivity contribution in [2.75, 3.05) is 13.1 Å². The molecule has 2 heterocycles. The average molecular weight is 261 g/mol. The maximum Gasteiger partial charge on any atom is 0.371 e. The lowest BCUT2D eigenvalue weighted by molar-refractivity contribution is 0.0547. The SMILES string of the molecule is Cc1oc(C(=O)O)cc1S(=O)(=O)N1CC(O)C1. The molecular formula is C9H11NO6S. The van der Waals surface area contributed by atoms with Gasteiger partial charge in [0, 0.05) is 19.2 Å². The lowest BCUT2D eigenvalue weighted by Gasteiger charge is -2.34. The Bertz CT molecular complexity index is 554. The molecule has 1 aromatic heterocycles. The third-order valence-corrected chi connectivity index (χ3v) is 4.47. The monoisotopic (exact) mass is 261 g/mol. The van der Waals surface area contributed by atoms with Crippen molar-refractivity contribution in [3.05, 3.63) is 17.6 Å². The van der Waals surface area contributed by atoms with Gasteiger partial charge in [-0.15, -0.1) is 0 Å². The molecule has 1 aromatic rings. The Labute approximate surface area is 97.3 Å². The van der Waals surface area contributed by atoms with Crippen LogP contribution in [0.3, 0.4) is 0 Å². The van der Waals surface area contributed by atoms with Crippen LogP contribution in [0.4, 0.5) is 0 Å². The largest absolute Gasteiger partial charge is 0.475 e. The third-order valence-electron chi connectivity index (χ3n) is 2.53. The molecule has 0 aliphatic carbocycles. The smallest absolute Gasteiger partial charge is 0.371 e. The minimum Gasteiger partial charge on any atom is -0.475 e. The number of aryl methyl sites for hydroxylation is 1. The molecule has 0 amide bonds. The van der Waals surface area contributed by atoms with Gasteiger partial charge in [-0.2, -0.15) is 4.31 Å². The first-order valence-corrected chi connectivity index (χ1v) is 6.28. The van der Waals surface area contributed by atoms with Crippen LogP contribution < -0.4 is 0 Å². The fourth-order valence-corrected chi connectivity index (χ4v) is 3.25. The number of hydrogen-bond donors (Lipinski definition) is 2. The summed E-state index contributed by atoms with van der Waals surface area (Å²) in [6, 6.07) is 0.984. The molecule has 1 saturated heterocycles. The van der Waals surface area contributed by atoms with E-state index in [1.165, 1.54) is 6.92 Å². The first-order chi connectivity index (χ1) is 7.82. The molecule has 17 heavy (non-hydrogen) atoms. The minimum absolute atomic E-state index is 0.0232. The Balaban J connectivity index is 2.37. The molecule has 0 spiro atoms. The number of aromatic carboxylic acids is 1. The zero-order valence-corrected chi connectivity index (χ0v) is 9.77. The molecule has 0 saturated carbocycles. The number of β-amino-alcohol motifs (C(OH)–C–C–N with tert-alkyl or cyclic N) is 1. The summed E-state index contributed by atoms with van der Waals surface area (Å²) >= 11 is 0. The predicted octanol–water partition coefficient (Wildman–Crippen LogP) is -0.349. The predicted molar refractivity (Wildman–Crippen MR) is 55.2 cm³/mol. The van der Waals surface area contributed by atoms with Crippen molar-refractivity contribution < 1.29 is 27.8 Å². The Kier molecular flexibility index (Phi) is 2.72. The highest BCUT2D eigenvalue weighted by molar-refractivity contribution is 7.89. The molecule has 1 aliphatic rings. The van der Waals surface area contributed by atoms with Crippen LogP contribution in [0.15, 0.2) is 15.4 Å². The van der Waals surface area contributed by atoms with E-state index < -0.39 is 27.9 Å². The van der Waals surface area contributed by atoms with Crippen molar-refractivity contribution in [2.45, 2.75) is 17.9 Å². The first-order valence-electron chi connectivity index (χ1n) is 4.84. The van der Waals surface area contributed by atoms with Crippen LogP contribution in [-0.4, -0.2) is 48.1 Å². The summed E-state index contributed by atoms with van der Waals surface area (Å²) in [4.78, 5) is 10.5. The number of rotatable bonds is 3. The van der Waals surface area contributed by atoms with Crippen LogP contribution >= 0.6 is 0 Å². The summed E-state index contributed by atoms with van der Waals surface area (Å²) in [6.45, 7) is 1.43. The van der Waals surface area contributed by atoms with Gasteiger partial charge in [0.05, 0.1) is 6.10 Å². The molecular weight excluding hydrogens is 250 g/mol. The molecule has 0 bridgehead atoms. The standard InChI is InChI=1S/C9H11NO6S/c1-5-8(2-7(16-5)9(12)13)17(14,15)10-3-6(11)4-10/h2,6,11H,3-4H2,1H3,(H,12,13). The molecule has 0 aromatic carbocycles. The molecule has 0 unspecified atom stereocenters. The highest BCUT2D eigenvalue weighted by Gasteiger charge is 2.38. The van der Waals surface area contributed by atoms with Crippen molar-refractivity contribution in [1.29, 1.82) is 0 Å². The van der Waals surface area contributed by atoms with Crippen molar-refractivity contribution in [1.82, 2.24) is 4.31 Å². The molecule has 8 heteroatoms. The first kappa shape index (κ1) is 12.1. The average Bonchev–Trinajstić information content (AvgIpc) is 2.56. The van der Waals surface area contributed by atoms with Crippen molar-refractivity contribution in [3.63, 3.8) is 0 Å². The number of furan rings is 1. The van der Waals surface area contributed by atoms with E-state index in [4.69, 9.17) is 14.6 Å². The van der Waals surface area contributed by atoms with Gasteiger partial charge in [-0.25, -0.2) is 13.2 Å². The molecule has 2 rings (SSSR count). The van der Waals surface area contributed by atoms with E-state index in [1.807, 2.05) is 0 Å². The van der Waals surface area contributed by atoms with E-state index in [1.54, 1.807) is 0 Å². The Morgan fingerprint density at radius 1 is 1.53 bits per heavy atom. The normalized spacial score (nSPS) is 18.0. The summed E-state index contributed by atoms with van der Waals surface area (Å²) in [5.41, 5.74) is 0. The van der Waals surface area contributed by atoms with Gasteiger partial charge in [-0.1, -0.05) is 0 Å². The van der Waals surface area contributed by atoms with Crippen LogP contribution in [-0.2, 0) is 10.0 Å². The van der Waals surface area contributed by atoms with Gasteiger partial charge in [0.25, 0.3) is 0 Å². The zero-order valence-electron chi connectivity index (χ0n) is 8.95. The third kappa shape index (κ3) is 1.94. The number of carboxylic acid groups (broad SMARTS) is 1. The van der Waals surface area contributed by atoms with Gasteiger partial charge >= 0.3 is 5.97 Å². The van der Waals surface area contributed by atoms with E-state index in [9.17, 15) is 13.2 Å². The van der Waals surface area contributed by atoms with Gasteiger partial charge in [0.1, 0.15) is 10.7 Å². The second-order valence-corrected chi connectivity index (χ2v) is 5.72. The second-order valence-electron chi connectivity index (χ2n) is 3.81. The number of hydrogen-bond acceptors (Lipinski definition) is 5. The summed E-state index contributed by atoms with van der Waals surface area (Å²) < 4.78 is 29.9. The number of sulfonamides is 1. The van der Waals surface area contributed by atoms with Crippen LogP contribution in [0.1, 0.15) is 16.3 Å². The Morgan fingerprint density at radius 2 is 2.12 bits per heavy atom. The van der Waals surface area contributed by atoms with Crippen molar-refractivity contribution in [2.24, 2.45) is 0 Å². The summed E-state index contributed by atoms with van der Waals surface area (Å²) in [5, 5.41) is 17.8. The molecule has 1 aliphatic heterocycles. The number of aliphatic hydroxyl groups excluding tert-OH is 1. The maximum atomic E-state index is 12.0. The lowest BCUT2D eigenvalue weighted by atomic mass is 10.2. The van der Waals surface area contributed by atoms with Gasteiger partial charge in [-0.05, 0) is 6.92 Å². The summed E-state index contributed by atoms with van der Waals surface area (Å²) in [7, 11) is -3.76. The molecule has 0 radical (unpaired) electrons. The van der Waals surface area contributed by atoms with E-state index in [-0.39, 0.29) is 23.7 Å². The highest BCUT2D eigenvalue weighted by atomic mass is 32.2. The van der Waals surface area contributed by atoms with E-state index in [0.717, 1.165) is 10.4 Å². The molecule has 1 fully saturated rings. The van der Waals surface area contributed by atoms with E-state index in [0.29, 0.717) is 0 Å². The molecule has 7 nitrogen and oxygen atoms in total. The number of carbonyl (C=O) groups is 1. The number of carboxylic acids is 1. The fraction of sp³-hybridized carbons (Fsp3) is 0.444. The van der Waals surface area contributed by atoms with Gasteiger partial charge in [0.15, 0.2) is 0 Å². The van der Waals surface area contributed by atoms with E-state index in [2.05, 4.69) is 0 Å². The van der Waals surface area contributed by atoms with E-state index >= 15 is 0 Å². The quantitative estimate of drug-likeness (QED) is 0.770. The number of nitrogens with zero attached hydrogens (tertiary/aromatic N) is 1. The fourth-order valence-electron chi connectivity index (χ4n) is 1.58. The number of aliphatic hydroxyl groups is 1. The van der Waals surface area contributed by atoms with Gasteiger partial charge in [0.2, 0.25) is 15.8 Å². The van der Waals surface area contributed by atoms with Crippen molar-refractivity contribution in [3.8, 4) is 0 Å². The van der Waals surface area contributed by atoms with Crippen LogP contribution in [0, 0.1) is 6.92 Å². The van der Waals surface area contributed by atoms with Gasteiger partial charge in [-0.3, -0.25) is 0 Å². The Hall–Kier alpha value is -1.38. The lowest BCUT2D eigenvalue weighted by Crippen LogP contribution is -2.53. The maximum absolute atomic E-state index is 12.0. The highest BCUT2D eigenvalue weighted by Crippen LogP contribution is 2.26. The van der Waals surface area contributed by atoms with Crippen LogP contribution in [0.2, 0.25) is 0 Å². The van der Waals surface area contributed by atoms with Crippen LogP contribution in [0.25, 0.3) is 0 Å². The summed E-state index contributed by atoms with van der Waals surface area (Å²) in [6.07, 6.45) is -0.657. The Morgan fingerprint density at radius 3 is 2.53 bits per heavy atom. The topological polar surface area (TPSA) is 108 Å². The zero-order chi connectivity index (χ0) is 12.8. The molecule has 0 atom stereocenters. The van der Waals surface area contributed by atoms with Crippen molar-refractivity contribution >= 4 is 16.0 Å². The second kappa shape index (κ2) is 3.83. The minimum atomic E-state index is -3.76. The molecule has 2 N–H and O–H groups in total. The van der Waals surface area contributed by atoms with Crippen LogP contribution in [0.5, 0.6) is 0 Å².